The fraction of sp³-hybridized carbons (Fsp3) is 0.269. The van der Waals surface area contributed by atoms with Gasteiger partial charge >= 0.3 is 5.97 Å². The fourth-order valence-corrected chi connectivity index (χ4v) is 4.22. The summed E-state index contributed by atoms with van der Waals surface area (Å²) in [5.41, 5.74) is 3.52. The molecule has 156 valence electrons. The summed E-state index contributed by atoms with van der Waals surface area (Å²) in [5, 5.41) is 3.56. The lowest BCUT2D eigenvalue weighted by atomic mass is 9.86. The number of carbonyl (C=O) groups is 1. The number of ether oxygens (including phenoxy) is 1. The summed E-state index contributed by atoms with van der Waals surface area (Å²) < 4.78 is 5.35. The van der Waals surface area contributed by atoms with Crippen LogP contribution >= 0.6 is 12.4 Å². The van der Waals surface area contributed by atoms with Crippen LogP contribution in [0.25, 0.3) is 0 Å². The molecule has 1 atom stereocenters. The molecule has 1 unspecified atom stereocenters. The largest absolute Gasteiger partial charge is 0.462 e. The van der Waals surface area contributed by atoms with Crippen molar-refractivity contribution in [3.63, 3.8) is 0 Å². The molecular formula is C26H28ClNO2. The fourth-order valence-electron chi connectivity index (χ4n) is 4.22. The maximum atomic E-state index is 12.0. The van der Waals surface area contributed by atoms with Crippen molar-refractivity contribution in [3.8, 4) is 0 Å². The quantitative estimate of drug-likeness (QED) is 0.378. The van der Waals surface area contributed by atoms with Gasteiger partial charge in [-0.2, -0.15) is 0 Å². The van der Waals surface area contributed by atoms with Crippen molar-refractivity contribution >= 4 is 18.4 Å². The van der Waals surface area contributed by atoms with Crippen molar-refractivity contribution < 1.29 is 9.53 Å². The number of hydrogen-bond acceptors (Lipinski definition) is 3. The van der Waals surface area contributed by atoms with E-state index in [1.807, 2.05) is 18.2 Å². The Morgan fingerprint density at radius 1 is 0.867 bits per heavy atom. The smallest absolute Gasteiger partial charge is 0.338 e. The van der Waals surface area contributed by atoms with E-state index in [0.717, 1.165) is 25.9 Å². The van der Waals surface area contributed by atoms with Gasteiger partial charge in [0.15, 0.2) is 0 Å². The number of rotatable bonds is 9. The van der Waals surface area contributed by atoms with Crippen LogP contribution in [0.15, 0.2) is 91.0 Å². The summed E-state index contributed by atoms with van der Waals surface area (Å²) in [5.74, 6) is 0.333. The second kappa shape index (κ2) is 10.4. The van der Waals surface area contributed by atoms with Crippen LogP contribution in [0.2, 0.25) is 0 Å². The summed E-state index contributed by atoms with van der Waals surface area (Å²) in [6.07, 6.45) is 1.98. The molecule has 0 aliphatic heterocycles. The Kier molecular flexibility index (Phi) is 7.67. The van der Waals surface area contributed by atoms with Crippen LogP contribution in [0.1, 0.15) is 34.3 Å². The molecule has 0 aromatic heterocycles. The van der Waals surface area contributed by atoms with E-state index in [1.54, 1.807) is 12.1 Å². The monoisotopic (exact) mass is 421 g/mol. The zero-order valence-corrected chi connectivity index (χ0v) is 17.8. The highest BCUT2D eigenvalue weighted by Crippen LogP contribution is 2.58. The number of carbonyl (C=O) groups excluding carboxylic acids is 1. The van der Waals surface area contributed by atoms with Crippen molar-refractivity contribution in [1.82, 2.24) is 5.32 Å². The first-order chi connectivity index (χ1) is 14.3. The molecule has 1 fully saturated rings. The van der Waals surface area contributed by atoms with Crippen LogP contribution in [-0.2, 0) is 10.2 Å². The highest BCUT2D eigenvalue weighted by molar-refractivity contribution is 5.89. The summed E-state index contributed by atoms with van der Waals surface area (Å²) in [4.78, 5) is 12.0. The second-order valence-electron chi connectivity index (χ2n) is 7.66. The maximum absolute atomic E-state index is 12.0. The first kappa shape index (κ1) is 22.1. The van der Waals surface area contributed by atoms with Crippen LogP contribution in [0.4, 0.5) is 0 Å². The van der Waals surface area contributed by atoms with Crippen LogP contribution in [-0.4, -0.2) is 25.7 Å². The van der Waals surface area contributed by atoms with Gasteiger partial charge in [0.25, 0.3) is 0 Å². The zero-order chi connectivity index (χ0) is 19.9. The van der Waals surface area contributed by atoms with Crippen molar-refractivity contribution in [2.45, 2.75) is 18.3 Å². The standard InChI is InChI=1S/C26H27NO2.ClH/c28-25(21-11-4-1-5-12-21)29-18-10-17-27-20-24-19-26(24,22-13-6-2-7-14-22)23-15-8-3-9-16-23;/h1-9,11-16,24,27H,10,17-20H2;1H. The highest BCUT2D eigenvalue weighted by Gasteiger charge is 2.55. The lowest BCUT2D eigenvalue weighted by Gasteiger charge is -2.19. The Labute approximate surface area is 184 Å². The van der Waals surface area contributed by atoms with Gasteiger partial charge in [-0.05, 0) is 55.1 Å². The van der Waals surface area contributed by atoms with E-state index in [1.165, 1.54) is 11.1 Å². The first-order valence-electron chi connectivity index (χ1n) is 10.3. The Bertz CT molecular complexity index is 876. The van der Waals surface area contributed by atoms with Gasteiger partial charge in [0.1, 0.15) is 0 Å². The minimum atomic E-state index is -0.250. The van der Waals surface area contributed by atoms with Crippen molar-refractivity contribution in [1.29, 1.82) is 0 Å². The number of benzene rings is 3. The van der Waals surface area contributed by atoms with Crippen LogP contribution in [0.5, 0.6) is 0 Å². The molecule has 3 aromatic rings. The average Bonchev–Trinajstić information content (AvgIpc) is 3.53. The molecule has 30 heavy (non-hydrogen) atoms. The van der Waals surface area contributed by atoms with Crippen molar-refractivity contribution in [2.75, 3.05) is 19.7 Å². The molecule has 4 heteroatoms. The summed E-state index contributed by atoms with van der Waals surface area (Å²) in [6.45, 7) is 2.25. The Morgan fingerprint density at radius 3 is 1.97 bits per heavy atom. The minimum absolute atomic E-state index is 0. The lowest BCUT2D eigenvalue weighted by Crippen LogP contribution is -2.24. The van der Waals surface area contributed by atoms with E-state index >= 15 is 0 Å². The Hall–Kier alpha value is -2.62. The molecule has 3 nitrogen and oxygen atoms in total. The molecule has 0 radical (unpaired) electrons. The van der Waals surface area contributed by atoms with Gasteiger partial charge < -0.3 is 10.1 Å². The molecule has 0 saturated heterocycles. The maximum Gasteiger partial charge on any atom is 0.338 e. The SMILES string of the molecule is Cl.O=C(OCCCNCC1CC1(c1ccccc1)c1ccccc1)c1ccccc1. The van der Waals surface area contributed by atoms with Gasteiger partial charge in [0, 0.05) is 5.41 Å². The van der Waals surface area contributed by atoms with Crippen LogP contribution in [0, 0.1) is 5.92 Å². The molecule has 1 aliphatic carbocycles. The molecular weight excluding hydrogens is 394 g/mol. The number of hydrogen-bond donors (Lipinski definition) is 1. The van der Waals surface area contributed by atoms with E-state index in [2.05, 4.69) is 66.0 Å². The third kappa shape index (κ3) is 4.92. The summed E-state index contributed by atoms with van der Waals surface area (Å²) in [7, 11) is 0. The highest BCUT2D eigenvalue weighted by atomic mass is 35.5. The number of esters is 1. The van der Waals surface area contributed by atoms with Gasteiger partial charge in [0.05, 0.1) is 12.2 Å². The Morgan fingerprint density at radius 2 is 1.40 bits per heavy atom. The summed E-state index contributed by atoms with van der Waals surface area (Å²) in [6, 6.07) is 30.8. The third-order valence-corrected chi connectivity index (χ3v) is 5.81. The lowest BCUT2D eigenvalue weighted by molar-refractivity contribution is 0.0500. The van der Waals surface area contributed by atoms with Gasteiger partial charge in [0.2, 0.25) is 0 Å². The van der Waals surface area contributed by atoms with Gasteiger partial charge in [-0.3, -0.25) is 0 Å². The molecule has 1 saturated carbocycles. The topological polar surface area (TPSA) is 38.3 Å². The normalized spacial score (nSPS) is 16.3. The third-order valence-electron chi connectivity index (χ3n) is 5.81. The van der Waals surface area contributed by atoms with E-state index in [-0.39, 0.29) is 23.8 Å². The van der Waals surface area contributed by atoms with Crippen molar-refractivity contribution in [3.05, 3.63) is 108 Å². The molecule has 0 spiro atoms. The van der Waals surface area contributed by atoms with Crippen LogP contribution < -0.4 is 5.32 Å². The molecule has 1 aliphatic rings. The number of nitrogens with one attached hydrogen (secondary N) is 1. The summed E-state index contributed by atoms with van der Waals surface area (Å²) >= 11 is 0. The molecule has 3 aromatic carbocycles. The van der Waals surface area contributed by atoms with Crippen LogP contribution in [0.3, 0.4) is 0 Å². The van der Waals surface area contributed by atoms with E-state index < -0.39 is 0 Å². The van der Waals surface area contributed by atoms with Gasteiger partial charge in [-0.15, -0.1) is 12.4 Å². The van der Waals surface area contributed by atoms with Crippen molar-refractivity contribution in [2.24, 2.45) is 5.92 Å². The van der Waals surface area contributed by atoms with E-state index in [4.69, 9.17) is 4.74 Å². The number of halogens is 1. The molecule has 1 N–H and O–H groups in total. The molecule has 0 heterocycles. The molecule has 4 rings (SSSR count). The molecule has 0 bridgehead atoms. The van der Waals surface area contributed by atoms with E-state index in [9.17, 15) is 4.79 Å². The second-order valence-corrected chi connectivity index (χ2v) is 7.66. The minimum Gasteiger partial charge on any atom is -0.462 e. The predicted molar refractivity (Wildman–Crippen MR) is 123 cm³/mol. The average molecular weight is 422 g/mol. The van der Waals surface area contributed by atoms with Gasteiger partial charge in [-0.1, -0.05) is 78.9 Å². The molecule has 0 amide bonds. The Balaban J connectivity index is 0.00000256. The zero-order valence-electron chi connectivity index (χ0n) is 17.0. The first-order valence-corrected chi connectivity index (χ1v) is 10.3. The van der Waals surface area contributed by atoms with Gasteiger partial charge in [-0.25, -0.2) is 4.79 Å². The van der Waals surface area contributed by atoms with E-state index in [0.29, 0.717) is 18.1 Å². The predicted octanol–water partition coefficient (Wildman–Crippen LogP) is 5.25.